The maximum absolute atomic E-state index is 12.9. The highest BCUT2D eigenvalue weighted by Crippen LogP contribution is 2.31. The van der Waals surface area contributed by atoms with E-state index in [9.17, 15) is 22.4 Å². The third-order valence-electron chi connectivity index (χ3n) is 4.38. The second-order valence-electron chi connectivity index (χ2n) is 6.10. The number of halogens is 1. The van der Waals surface area contributed by atoms with Gasteiger partial charge in [0.15, 0.2) is 0 Å². The number of hydrogen-bond acceptors (Lipinski definition) is 4. The minimum Gasteiger partial charge on any atom is -0.353 e. The fraction of sp³-hybridized carbons (Fsp3) is 0.222. The lowest BCUT2D eigenvalue weighted by molar-refractivity contribution is -0.120. The van der Waals surface area contributed by atoms with Crippen LogP contribution in [0.4, 0.5) is 4.39 Å². The molecule has 2 N–H and O–H groups in total. The summed E-state index contributed by atoms with van der Waals surface area (Å²) in [5.41, 5.74) is 1.41. The zero-order valence-electron chi connectivity index (χ0n) is 14.5. The van der Waals surface area contributed by atoms with E-state index in [4.69, 9.17) is 0 Å². The van der Waals surface area contributed by atoms with Crippen LogP contribution in [-0.4, -0.2) is 45.3 Å². The Labute approximate surface area is 156 Å². The summed E-state index contributed by atoms with van der Waals surface area (Å²) in [7, 11) is -2.27. The van der Waals surface area contributed by atoms with Crippen LogP contribution in [-0.2, 0) is 14.8 Å². The van der Waals surface area contributed by atoms with Crippen molar-refractivity contribution in [2.24, 2.45) is 0 Å². The topological polar surface area (TPSA) is 95.6 Å². The predicted molar refractivity (Wildman–Crippen MR) is 95.9 cm³/mol. The van der Waals surface area contributed by atoms with E-state index in [0.717, 1.165) is 29.8 Å². The number of carbonyl (C=O) groups excluding carboxylic acids is 2. The van der Waals surface area contributed by atoms with Crippen molar-refractivity contribution in [3.63, 3.8) is 0 Å². The largest absolute Gasteiger partial charge is 0.353 e. The van der Waals surface area contributed by atoms with Gasteiger partial charge in [-0.1, -0.05) is 18.2 Å². The Morgan fingerprint density at radius 2 is 1.81 bits per heavy atom. The lowest BCUT2D eigenvalue weighted by Gasteiger charge is -2.21. The Balaban J connectivity index is 1.57. The molecule has 2 amide bonds. The van der Waals surface area contributed by atoms with Gasteiger partial charge in [-0.25, -0.2) is 17.5 Å². The molecule has 142 valence electrons. The summed E-state index contributed by atoms with van der Waals surface area (Å²) in [4.78, 5) is 25.6. The van der Waals surface area contributed by atoms with Gasteiger partial charge in [-0.3, -0.25) is 9.59 Å². The van der Waals surface area contributed by atoms with Gasteiger partial charge in [0.05, 0.1) is 17.5 Å². The molecule has 2 aromatic rings. The molecular weight excluding hydrogens is 373 g/mol. The molecule has 1 aliphatic rings. The summed E-state index contributed by atoms with van der Waals surface area (Å²) in [6, 6.07) is 11.1. The first-order valence-corrected chi connectivity index (χ1v) is 9.66. The lowest BCUT2D eigenvalue weighted by Crippen LogP contribution is -2.40. The van der Waals surface area contributed by atoms with E-state index < -0.39 is 28.3 Å². The van der Waals surface area contributed by atoms with Crippen LogP contribution >= 0.6 is 0 Å². The van der Waals surface area contributed by atoms with Crippen molar-refractivity contribution in [3.8, 4) is 0 Å². The molecule has 3 rings (SSSR count). The van der Waals surface area contributed by atoms with Crippen molar-refractivity contribution < 1.29 is 22.4 Å². The average molecular weight is 391 g/mol. The monoisotopic (exact) mass is 391 g/mol. The Morgan fingerprint density at radius 3 is 2.52 bits per heavy atom. The first-order chi connectivity index (χ1) is 12.8. The van der Waals surface area contributed by atoms with E-state index in [0.29, 0.717) is 5.56 Å². The van der Waals surface area contributed by atoms with Crippen molar-refractivity contribution in [1.29, 1.82) is 0 Å². The number of likely N-dealkylation sites (N-methyl/N-ethyl adjacent to an activating group) is 1. The molecule has 0 saturated carbocycles. The van der Waals surface area contributed by atoms with E-state index in [1.54, 1.807) is 19.2 Å². The SMILES string of the molecule is CN1C(=O)c2ccccc2C1CNC(=O)CNS(=O)(=O)c1ccc(F)cc1. The molecule has 2 aromatic carbocycles. The van der Waals surface area contributed by atoms with E-state index in [2.05, 4.69) is 10.0 Å². The van der Waals surface area contributed by atoms with Gasteiger partial charge >= 0.3 is 0 Å². The van der Waals surface area contributed by atoms with Crippen LogP contribution in [0.3, 0.4) is 0 Å². The van der Waals surface area contributed by atoms with Gasteiger partial charge in [0, 0.05) is 19.2 Å². The highest BCUT2D eigenvalue weighted by atomic mass is 32.2. The number of nitrogens with one attached hydrogen (secondary N) is 2. The highest BCUT2D eigenvalue weighted by molar-refractivity contribution is 7.89. The van der Waals surface area contributed by atoms with E-state index in [1.807, 2.05) is 12.1 Å². The van der Waals surface area contributed by atoms with E-state index >= 15 is 0 Å². The van der Waals surface area contributed by atoms with E-state index in [1.165, 1.54) is 4.90 Å². The van der Waals surface area contributed by atoms with Crippen molar-refractivity contribution in [1.82, 2.24) is 14.9 Å². The van der Waals surface area contributed by atoms with Crippen molar-refractivity contribution in [2.75, 3.05) is 20.1 Å². The second-order valence-corrected chi connectivity index (χ2v) is 7.87. The van der Waals surface area contributed by atoms with Crippen LogP contribution in [0.25, 0.3) is 0 Å². The summed E-state index contributed by atoms with van der Waals surface area (Å²) in [6.45, 7) is -0.303. The number of hydrogen-bond donors (Lipinski definition) is 2. The summed E-state index contributed by atoms with van der Waals surface area (Å²) in [6.07, 6.45) is 0. The number of nitrogens with zero attached hydrogens (tertiary/aromatic N) is 1. The number of carbonyl (C=O) groups is 2. The summed E-state index contributed by atoms with van der Waals surface area (Å²) >= 11 is 0. The fourth-order valence-corrected chi connectivity index (χ4v) is 3.88. The molecule has 0 aromatic heterocycles. The van der Waals surface area contributed by atoms with Gasteiger partial charge in [0.25, 0.3) is 5.91 Å². The Bertz CT molecular complexity index is 976. The highest BCUT2D eigenvalue weighted by Gasteiger charge is 2.33. The van der Waals surface area contributed by atoms with Crippen LogP contribution in [0.15, 0.2) is 53.4 Å². The summed E-state index contributed by atoms with van der Waals surface area (Å²) in [5.74, 6) is -1.21. The minimum atomic E-state index is -3.92. The Hall–Kier alpha value is -2.78. The van der Waals surface area contributed by atoms with Gasteiger partial charge in [0.1, 0.15) is 5.82 Å². The predicted octanol–water partition coefficient (Wildman–Crippen LogP) is 1.05. The van der Waals surface area contributed by atoms with Crippen LogP contribution in [0.1, 0.15) is 22.0 Å². The molecular formula is C18H18FN3O4S. The molecule has 9 heteroatoms. The zero-order chi connectivity index (χ0) is 19.6. The quantitative estimate of drug-likeness (QED) is 0.769. The molecule has 0 saturated heterocycles. The molecule has 0 aliphatic carbocycles. The van der Waals surface area contributed by atoms with Crippen molar-refractivity contribution in [3.05, 3.63) is 65.5 Å². The number of benzene rings is 2. The van der Waals surface area contributed by atoms with Gasteiger partial charge in [0.2, 0.25) is 15.9 Å². The summed E-state index contributed by atoms with van der Waals surface area (Å²) < 4.78 is 39.3. The third-order valence-corrected chi connectivity index (χ3v) is 5.79. The van der Waals surface area contributed by atoms with Crippen LogP contribution in [0.5, 0.6) is 0 Å². The number of rotatable bonds is 6. The summed E-state index contributed by atoms with van der Waals surface area (Å²) in [5, 5.41) is 2.63. The fourth-order valence-electron chi connectivity index (χ4n) is 2.90. The smallest absolute Gasteiger partial charge is 0.254 e. The third kappa shape index (κ3) is 3.99. The standard InChI is InChI=1S/C18H18FN3O4S/c1-22-16(14-4-2-3-5-15(14)18(22)24)10-20-17(23)11-21-27(25,26)13-8-6-12(19)7-9-13/h2-9,16,21H,10-11H2,1H3,(H,20,23). The molecule has 1 unspecified atom stereocenters. The maximum Gasteiger partial charge on any atom is 0.254 e. The molecule has 1 atom stereocenters. The van der Waals surface area contributed by atoms with Crippen LogP contribution in [0, 0.1) is 5.82 Å². The number of fused-ring (bicyclic) bond motifs is 1. The normalized spacial score (nSPS) is 16.3. The van der Waals surface area contributed by atoms with Gasteiger partial charge < -0.3 is 10.2 Å². The van der Waals surface area contributed by atoms with Crippen molar-refractivity contribution in [2.45, 2.75) is 10.9 Å². The van der Waals surface area contributed by atoms with Crippen LogP contribution < -0.4 is 10.0 Å². The van der Waals surface area contributed by atoms with Gasteiger partial charge in [-0.2, -0.15) is 0 Å². The average Bonchev–Trinajstić information content (AvgIpc) is 2.90. The lowest BCUT2D eigenvalue weighted by atomic mass is 10.0. The molecule has 27 heavy (non-hydrogen) atoms. The minimum absolute atomic E-state index is 0.123. The van der Waals surface area contributed by atoms with Crippen molar-refractivity contribution >= 4 is 21.8 Å². The van der Waals surface area contributed by atoms with Gasteiger partial charge in [-0.15, -0.1) is 0 Å². The molecule has 0 fully saturated rings. The van der Waals surface area contributed by atoms with Crippen LogP contribution in [0.2, 0.25) is 0 Å². The zero-order valence-corrected chi connectivity index (χ0v) is 15.3. The first-order valence-electron chi connectivity index (χ1n) is 8.17. The molecule has 0 bridgehead atoms. The first kappa shape index (κ1) is 19.0. The molecule has 0 radical (unpaired) electrons. The molecule has 1 heterocycles. The molecule has 0 spiro atoms. The number of amides is 2. The maximum atomic E-state index is 12.9. The van der Waals surface area contributed by atoms with Gasteiger partial charge in [-0.05, 0) is 35.9 Å². The van der Waals surface area contributed by atoms with E-state index in [-0.39, 0.29) is 23.4 Å². The Morgan fingerprint density at radius 1 is 1.15 bits per heavy atom. The number of sulfonamides is 1. The Kier molecular flexibility index (Phi) is 5.24. The molecule has 1 aliphatic heterocycles. The molecule has 7 nitrogen and oxygen atoms in total. The second kappa shape index (κ2) is 7.45.